The van der Waals surface area contributed by atoms with Gasteiger partial charge in [-0.1, -0.05) is 37.0 Å². The number of nitrogens with zero attached hydrogens (tertiary/aromatic N) is 2. The average molecular weight is 419 g/mol. The van der Waals surface area contributed by atoms with E-state index < -0.39 is 0 Å². The van der Waals surface area contributed by atoms with Crippen molar-refractivity contribution in [2.24, 2.45) is 4.99 Å². The zero-order valence-electron chi connectivity index (χ0n) is 17.2. The first-order chi connectivity index (χ1) is 13.3. The lowest BCUT2D eigenvalue weighted by Crippen LogP contribution is -2.48. The Morgan fingerprint density at radius 3 is 2.68 bits per heavy atom. The van der Waals surface area contributed by atoms with Crippen molar-refractivity contribution in [2.45, 2.75) is 52.0 Å². The maximum absolute atomic E-state index is 6.66. The van der Waals surface area contributed by atoms with E-state index in [4.69, 9.17) is 27.9 Å². The van der Waals surface area contributed by atoms with Crippen molar-refractivity contribution in [3.63, 3.8) is 0 Å². The second kappa shape index (κ2) is 8.34. The van der Waals surface area contributed by atoms with E-state index >= 15 is 0 Å². The van der Waals surface area contributed by atoms with Crippen LogP contribution in [0.3, 0.4) is 0 Å². The lowest BCUT2D eigenvalue weighted by molar-refractivity contribution is 0.376. The van der Waals surface area contributed by atoms with E-state index in [9.17, 15) is 0 Å². The highest BCUT2D eigenvalue weighted by atomic mass is 35.5. The number of anilines is 1. The van der Waals surface area contributed by atoms with Crippen molar-refractivity contribution in [3.05, 3.63) is 51.5 Å². The van der Waals surface area contributed by atoms with Gasteiger partial charge in [0.1, 0.15) is 11.4 Å². The van der Waals surface area contributed by atoms with Crippen molar-refractivity contribution in [3.8, 4) is 5.75 Å². The quantitative estimate of drug-likeness (QED) is 0.477. The van der Waals surface area contributed by atoms with Crippen LogP contribution in [0.4, 0.5) is 11.4 Å². The van der Waals surface area contributed by atoms with Crippen molar-refractivity contribution >= 4 is 40.8 Å². The third kappa shape index (κ3) is 4.16. The molecule has 0 saturated heterocycles. The minimum Gasteiger partial charge on any atom is -0.494 e. The van der Waals surface area contributed by atoms with Crippen LogP contribution in [0.2, 0.25) is 10.0 Å². The van der Waals surface area contributed by atoms with Gasteiger partial charge in [-0.15, -0.1) is 0 Å². The van der Waals surface area contributed by atoms with Crippen LogP contribution in [0.25, 0.3) is 0 Å². The van der Waals surface area contributed by atoms with E-state index in [1.807, 2.05) is 6.07 Å². The van der Waals surface area contributed by atoms with Gasteiger partial charge in [-0.2, -0.15) is 0 Å². The van der Waals surface area contributed by atoms with Gasteiger partial charge in [-0.3, -0.25) is 4.99 Å². The van der Waals surface area contributed by atoms with E-state index in [0.717, 1.165) is 24.9 Å². The summed E-state index contributed by atoms with van der Waals surface area (Å²) in [5.41, 5.74) is 4.29. The summed E-state index contributed by atoms with van der Waals surface area (Å²) in [5.74, 6) is 1.14. The van der Waals surface area contributed by atoms with E-state index in [1.165, 1.54) is 11.3 Å². The molecule has 5 heteroatoms. The van der Waals surface area contributed by atoms with Crippen LogP contribution >= 0.6 is 23.2 Å². The summed E-state index contributed by atoms with van der Waals surface area (Å²) in [6, 6.07) is 9.67. The molecule has 0 fully saturated rings. The Kier molecular flexibility index (Phi) is 6.26. The topological polar surface area (TPSA) is 24.8 Å². The number of hydrogen-bond acceptors (Lipinski definition) is 3. The molecule has 1 aliphatic heterocycles. The van der Waals surface area contributed by atoms with E-state index in [0.29, 0.717) is 27.4 Å². The Labute approximate surface area is 178 Å². The van der Waals surface area contributed by atoms with Gasteiger partial charge < -0.3 is 9.64 Å². The van der Waals surface area contributed by atoms with Crippen LogP contribution in [-0.2, 0) is 0 Å². The minimum atomic E-state index is 0.121. The number of ether oxygens (including phenoxy) is 1. The predicted octanol–water partition coefficient (Wildman–Crippen LogP) is 7.25. The molecule has 0 bridgehead atoms. The molecule has 0 saturated carbocycles. The second-order valence-electron chi connectivity index (χ2n) is 8.08. The van der Waals surface area contributed by atoms with E-state index in [1.54, 1.807) is 25.5 Å². The first-order valence-corrected chi connectivity index (χ1v) is 10.5. The highest BCUT2D eigenvalue weighted by molar-refractivity contribution is 6.33. The van der Waals surface area contributed by atoms with Gasteiger partial charge in [0.05, 0.1) is 12.1 Å². The zero-order valence-corrected chi connectivity index (χ0v) is 18.7. The third-order valence-electron chi connectivity index (χ3n) is 5.43. The van der Waals surface area contributed by atoms with Gasteiger partial charge in [-0.05, 0) is 68.5 Å². The monoisotopic (exact) mass is 418 g/mol. The van der Waals surface area contributed by atoms with Crippen LogP contribution in [-0.4, -0.2) is 25.4 Å². The largest absolute Gasteiger partial charge is 0.494 e. The highest BCUT2D eigenvalue weighted by Gasteiger charge is 2.36. The van der Waals surface area contributed by atoms with Crippen LogP contribution in [0.5, 0.6) is 5.75 Å². The number of aliphatic imine (C=N–C) groups is 1. The molecule has 0 amide bonds. The molecule has 1 heterocycles. The number of hydrogen-bond donors (Lipinski definition) is 0. The summed E-state index contributed by atoms with van der Waals surface area (Å²) in [6.07, 6.45) is 4.01. The second-order valence-corrected chi connectivity index (χ2v) is 8.92. The highest BCUT2D eigenvalue weighted by Crippen LogP contribution is 2.45. The molecule has 2 aromatic rings. The fourth-order valence-corrected chi connectivity index (χ4v) is 4.54. The summed E-state index contributed by atoms with van der Waals surface area (Å²) in [4.78, 5) is 7.09. The van der Waals surface area contributed by atoms with Gasteiger partial charge in [0.15, 0.2) is 0 Å². The number of benzene rings is 2. The molecule has 3 rings (SSSR count). The Morgan fingerprint density at radius 1 is 1.25 bits per heavy atom. The van der Waals surface area contributed by atoms with Gasteiger partial charge in [0, 0.05) is 34.6 Å². The van der Waals surface area contributed by atoms with Crippen molar-refractivity contribution in [2.75, 3.05) is 18.6 Å². The summed E-state index contributed by atoms with van der Waals surface area (Å²) < 4.78 is 5.38. The van der Waals surface area contributed by atoms with Crippen molar-refractivity contribution in [1.29, 1.82) is 0 Å². The number of rotatable bonds is 5. The van der Waals surface area contributed by atoms with Gasteiger partial charge in [0.25, 0.3) is 0 Å². The fourth-order valence-electron chi connectivity index (χ4n) is 4.17. The molecule has 0 radical (unpaired) electrons. The van der Waals surface area contributed by atoms with Crippen molar-refractivity contribution < 1.29 is 4.74 Å². The smallest absolute Gasteiger partial charge is 0.144 e. The standard InChI is InChI=1S/C23H28Cl2N2O/c1-6-9-27-21-12-19(25)16(10-18(21)15(2)13-23(27,3)4)14-26-20-11-17(24)7-8-22(20)28-5/h7-8,10-12,14-15H,6,9,13H2,1-5H3. The molecule has 1 aliphatic rings. The molecule has 3 nitrogen and oxygen atoms in total. The Balaban J connectivity index is 2.02. The molecule has 150 valence electrons. The molecule has 2 aromatic carbocycles. The first-order valence-electron chi connectivity index (χ1n) is 9.75. The maximum atomic E-state index is 6.66. The van der Waals surface area contributed by atoms with Crippen LogP contribution in [0.1, 0.15) is 57.6 Å². The fraction of sp³-hybridized carbons (Fsp3) is 0.435. The Morgan fingerprint density at radius 2 is 2.00 bits per heavy atom. The van der Waals surface area contributed by atoms with Gasteiger partial charge >= 0.3 is 0 Å². The molecule has 1 atom stereocenters. The van der Waals surface area contributed by atoms with E-state index in [-0.39, 0.29) is 5.54 Å². The van der Waals surface area contributed by atoms with E-state index in [2.05, 4.69) is 49.7 Å². The molecule has 0 aliphatic carbocycles. The predicted molar refractivity (Wildman–Crippen MR) is 121 cm³/mol. The molecule has 0 N–H and O–H groups in total. The zero-order chi connectivity index (χ0) is 20.5. The van der Waals surface area contributed by atoms with Crippen LogP contribution in [0, 0.1) is 0 Å². The molecular formula is C23H28Cl2N2O. The Hall–Kier alpha value is -1.71. The Bertz CT molecular complexity index is 892. The number of halogens is 2. The minimum absolute atomic E-state index is 0.121. The molecule has 0 aromatic heterocycles. The third-order valence-corrected chi connectivity index (χ3v) is 6.00. The molecule has 0 spiro atoms. The summed E-state index contributed by atoms with van der Waals surface area (Å²) >= 11 is 12.8. The summed E-state index contributed by atoms with van der Waals surface area (Å²) in [5, 5.41) is 1.32. The SMILES string of the molecule is CCCN1c2cc(Cl)c(C=Nc3cc(Cl)ccc3OC)cc2C(C)CC1(C)C. The van der Waals surface area contributed by atoms with Crippen LogP contribution < -0.4 is 9.64 Å². The van der Waals surface area contributed by atoms with Crippen LogP contribution in [0.15, 0.2) is 35.3 Å². The molecule has 28 heavy (non-hydrogen) atoms. The van der Waals surface area contributed by atoms with Gasteiger partial charge in [0.2, 0.25) is 0 Å². The first kappa shape index (κ1) is 21.0. The average Bonchev–Trinajstić information content (AvgIpc) is 2.63. The normalized spacial score (nSPS) is 18.4. The van der Waals surface area contributed by atoms with Gasteiger partial charge in [-0.25, -0.2) is 0 Å². The number of fused-ring (bicyclic) bond motifs is 1. The number of methoxy groups -OCH3 is 1. The lowest BCUT2D eigenvalue weighted by atomic mass is 9.79. The molecular weight excluding hydrogens is 391 g/mol. The van der Waals surface area contributed by atoms with Crippen molar-refractivity contribution in [1.82, 2.24) is 0 Å². The maximum Gasteiger partial charge on any atom is 0.144 e. The summed E-state index contributed by atoms with van der Waals surface area (Å²) in [6.45, 7) is 10.2. The summed E-state index contributed by atoms with van der Waals surface area (Å²) in [7, 11) is 1.62. The molecule has 1 unspecified atom stereocenters. The lowest BCUT2D eigenvalue weighted by Gasteiger charge is -2.47.